The quantitative estimate of drug-likeness (QED) is 0.587. The van der Waals surface area contributed by atoms with Crippen LogP contribution in [0.3, 0.4) is 0 Å². The zero-order valence-corrected chi connectivity index (χ0v) is 15.1. The topological polar surface area (TPSA) is 29.5 Å². The highest BCUT2D eigenvalue weighted by Gasteiger charge is 2.59. The van der Waals surface area contributed by atoms with Gasteiger partial charge in [0.1, 0.15) is 0 Å². The largest absolute Gasteiger partial charge is 0.417 e. The smallest absolute Gasteiger partial charge is 0.191 e. The molecule has 2 aliphatic rings. The number of hydrogen-bond donors (Lipinski definition) is 1. The van der Waals surface area contributed by atoms with Gasteiger partial charge in [-0.05, 0) is 54.1 Å². The molecule has 0 aromatic carbocycles. The van der Waals surface area contributed by atoms with Crippen molar-refractivity contribution in [1.82, 2.24) is 0 Å². The van der Waals surface area contributed by atoms with Gasteiger partial charge in [-0.1, -0.05) is 39.8 Å². The molecule has 2 saturated carbocycles. The summed E-state index contributed by atoms with van der Waals surface area (Å²) in [5, 5.41) is 9.21. The van der Waals surface area contributed by atoms with E-state index in [4.69, 9.17) is 9.53 Å². The Hall–Kier alpha value is -0.123. The molecule has 116 valence electrons. The van der Waals surface area contributed by atoms with Crippen LogP contribution in [-0.2, 0) is 4.43 Å². The van der Waals surface area contributed by atoms with Crippen molar-refractivity contribution in [1.29, 1.82) is 0 Å². The molecule has 2 rings (SSSR count). The lowest BCUT2D eigenvalue weighted by atomic mass is 10.0. The van der Waals surface area contributed by atoms with Crippen molar-refractivity contribution in [2.75, 3.05) is 13.2 Å². The first kappa shape index (κ1) is 16.3. The summed E-state index contributed by atoms with van der Waals surface area (Å²) >= 11 is 0. The molecular weight excluding hydrogens is 264 g/mol. The van der Waals surface area contributed by atoms with Crippen molar-refractivity contribution in [2.24, 2.45) is 23.2 Å². The molecule has 0 aromatic rings. The van der Waals surface area contributed by atoms with Gasteiger partial charge in [-0.15, -0.1) is 0 Å². The zero-order chi connectivity index (χ0) is 15.2. The van der Waals surface area contributed by atoms with Crippen LogP contribution in [0.4, 0.5) is 0 Å². The summed E-state index contributed by atoms with van der Waals surface area (Å²) in [5.41, 5.74) is 0.360. The second-order valence-electron chi connectivity index (χ2n) is 8.63. The number of hydrogen-bond acceptors (Lipinski definition) is 2. The van der Waals surface area contributed by atoms with Gasteiger partial charge in [0.15, 0.2) is 8.32 Å². The molecule has 0 radical (unpaired) electrons. The van der Waals surface area contributed by atoms with E-state index >= 15 is 0 Å². The van der Waals surface area contributed by atoms with E-state index in [1.54, 1.807) is 0 Å². The Labute approximate surface area is 125 Å². The monoisotopic (exact) mass is 296 g/mol. The third-order valence-corrected chi connectivity index (χ3v) is 10.4. The van der Waals surface area contributed by atoms with Crippen LogP contribution in [0.25, 0.3) is 0 Å². The Kier molecular flexibility index (Phi) is 4.27. The molecule has 0 aliphatic heterocycles. The first-order chi connectivity index (χ1) is 9.11. The summed E-state index contributed by atoms with van der Waals surface area (Å²) in [7, 11) is -1.58. The number of allylic oxidation sites excluding steroid dienone is 1. The molecule has 1 N–H and O–H groups in total. The van der Waals surface area contributed by atoms with Gasteiger partial charge in [-0.3, -0.25) is 0 Å². The maximum absolute atomic E-state index is 8.90. The molecule has 0 aromatic heterocycles. The Morgan fingerprint density at radius 3 is 2.55 bits per heavy atom. The Morgan fingerprint density at radius 2 is 2.00 bits per heavy atom. The van der Waals surface area contributed by atoms with Gasteiger partial charge in [-0.25, -0.2) is 0 Å². The lowest BCUT2D eigenvalue weighted by molar-refractivity contribution is 0.261. The fraction of sp³-hybridized carbons (Fsp3) is 0.882. The van der Waals surface area contributed by atoms with Gasteiger partial charge in [0.2, 0.25) is 0 Å². The standard InChI is InChI=1S/C17H32O2Si/c1-16(2,3)20(5,6)19-12-13-10-14(13)15-11-17(15,4)8-7-9-18/h7-8,13-15,18H,9-12H2,1-6H3/b8-7+/t13-,14+,15-,17+/m1/s1. The van der Waals surface area contributed by atoms with Crippen molar-refractivity contribution in [2.45, 2.75) is 58.7 Å². The van der Waals surface area contributed by atoms with E-state index in [-0.39, 0.29) is 6.61 Å². The normalized spacial score (nSPS) is 37.5. The predicted molar refractivity (Wildman–Crippen MR) is 87.2 cm³/mol. The van der Waals surface area contributed by atoms with Crippen LogP contribution in [0.5, 0.6) is 0 Å². The number of aliphatic hydroxyl groups excluding tert-OH is 1. The molecule has 4 atom stereocenters. The van der Waals surface area contributed by atoms with Gasteiger partial charge in [0.25, 0.3) is 0 Å². The van der Waals surface area contributed by atoms with E-state index in [1.807, 2.05) is 6.08 Å². The van der Waals surface area contributed by atoms with Crippen LogP contribution >= 0.6 is 0 Å². The first-order valence-electron chi connectivity index (χ1n) is 8.03. The third-order valence-electron chi connectivity index (χ3n) is 5.91. The van der Waals surface area contributed by atoms with Crippen LogP contribution in [0.2, 0.25) is 18.1 Å². The van der Waals surface area contributed by atoms with Crippen molar-refractivity contribution in [3.05, 3.63) is 12.2 Å². The molecule has 20 heavy (non-hydrogen) atoms. The SMILES string of the molecule is CC(C)(C)[Si](C)(C)OC[C@H]1C[C@@H]1[C@H]1C[C@]1(C)/C=C/CO. The first-order valence-corrected chi connectivity index (χ1v) is 10.9. The van der Waals surface area contributed by atoms with Gasteiger partial charge in [0.05, 0.1) is 6.61 Å². The van der Waals surface area contributed by atoms with Crippen LogP contribution in [-0.4, -0.2) is 26.6 Å². The van der Waals surface area contributed by atoms with E-state index in [0.29, 0.717) is 10.5 Å². The molecule has 0 heterocycles. The molecule has 2 fully saturated rings. The summed E-state index contributed by atoms with van der Waals surface area (Å²) in [4.78, 5) is 0. The third kappa shape index (κ3) is 3.37. The Bertz CT molecular complexity index is 383. The molecule has 3 heteroatoms. The highest BCUT2D eigenvalue weighted by molar-refractivity contribution is 6.74. The highest BCUT2D eigenvalue weighted by Crippen LogP contribution is 2.65. The average molecular weight is 297 g/mol. The van der Waals surface area contributed by atoms with E-state index in [1.165, 1.54) is 12.8 Å². The minimum atomic E-state index is -1.58. The highest BCUT2D eigenvalue weighted by atomic mass is 28.4. The van der Waals surface area contributed by atoms with Gasteiger partial charge in [0, 0.05) is 6.61 Å². The summed E-state index contributed by atoms with van der Waals surface area (Å²) in [5.74, 6) is 2.49. The Morgan fingerprint density at radius 1 is 1.35 bits per heavy atom. The second kappa shape index (κ2) is 5.26. The number of aliphatic hydroxyl groups is 1. The van der Waals surface area contributed by atoms with Crippen molar-refractivity contribution < 1.29 is 9.53 Å². The van der Waals surface area contributed by atoms with Gasteiger partial charge in [-0.2, -0.15) is 0 Å². The molecule has 0 saturated heterocycles. The molecular formula is C17H32O2Si. The van der Waals surface area contributed by atoms with Crippen molar-refractivity contribution >= 4 is 8.32 Å². The zero-order valence-electron chi connectivity index (χ0n) is 14.1. The van der Waals surface area contributed by atoms with Crippen LogP contribution in [0, 0.1) is 23.2 Å². The van der Waals surface area contributed by atoms with Crippen LogP contribution in [0.1, 0.15) is 40.5 Å². The molecule has 2 aliphatic carbocycles. The van der Waals surface area contributed by atoms with Crippen molar-refractivity contribution in [3.63, 3.8) is 0 Å². The fourth-order valence-corrected chi connectivity index (χ4v) is 4.12. The lowest BCUT2D eigenvalue weighted by Crippen LogP contribution is -2.41. The summed E-state index contributed by atoms with van der Waals surface area (Å²) in [6.07, 6.45) is 6.78. The Balaban J connectivity index is 1.76. The molecule has 0 spiro atoms. The predicted octanol–water partition coefficient (Wildman–Crippen LogP) is 4.22. The lowest BCUT2D eigenvalue weighted by Gasteiger charge is -2.36. The van der Waals surface area contributed by atoms with Gasteiger partial charge < -0.3 is 9.53 Å². The maximum atomic E-state index is 8.90. The molecule has 0 bridgehead atoms. The summed E-state index contributed by atoms with van der Waals surface area (Å²) in [6.45, 7) is 15.1. The van der Waals surface area contributed by atoms with E-state index in [0.717, 1.165) is 24.4 Å². The van der Waals surface area contributed by atoms with Gasteiger partial charge >= 0.3 is 0 Å². The summed E-state index contributed by atoms with van der Waals surface area (Å²) in [6, 6.07) is 0. The average Bonchev–Trinajstić information content (AvgIpc) is 3.19. The second-order valence-corrected chi connectivity index (χ2v) is 13.4. The molecule has 2 nitrogen and oxygen atoms in total. The van der Waals surface area contributed by atoms with E-state index in [2.05, 4.69) is 46.9 Å². The fourth-order valence-electron chi connectivity index (χ4n) is 3.06. The maximum Gasteiger partial charge on any atom is 0.191 e. The minimum Gasteiger partial charge on any atom is -0.417 e. The van der Waals surface area contributed by atoms with E-state index < -0.39 is 8.32 Å². The summed E-state index contributed by atoms with van der Waals surface area (Å²) < 4.78 is 6.36. The van der Waals surface area contributed by atoms with Crippen LogP contribution in [0.15, 0.2) is 12.2 Å². The molecule has 0 unspecified atom stereocenters. The van der Waals surface area contributed by atoms with E-state index in [9.17, 15) is 0 Å². The molecule has 0 amide bonds. The van der Waals surface area contributed by atoms with Crippen molar-refractivity contribution in [3.8, 4) is 0 Å². The minimum absolute atomic E-state index is 0.172. The van der Waals surface area contributed by atoms with Crippen LogP contribution < -0.4 is 0 Å². The number of rotatable bonds is 6.